The lowest BCUT2D eigenvalue weighted by atomic mass is 9.91. The van der Waals surface area contributed by atoms with Crippen LogP contribution in [0, 0.1) is 11.3 Å². The van der Waals surface area contributed by atoms with Crippen LogP contribution < -0.4 is 16.4 Å². The molecule has 1 saturated carbocycles. The van der Waals surface area contributed by atoms with Gasteiger partial charge in [0.15, 0.2) is 17.2 Å². The highest BCUT2D eigenvalue weighted by Gasteiger charge is 2.23. The average Bonchev–Trinajstić information content (AvgIpc) is 3.13. The molecule has 0 amide bonds. The molecule has 0 unspecified atom stereocenters. The third-order valence-electron chi connectivity index (χ3n) is 5.37. The van der Waals surface area contributed by atoms with Crippen molar-refractivity contribution in [2.75, 3.05) is 10.6 Å². The molecule has 0 aliphatic heterocycles. The van der Waals surface area contributed by atoms with Gasteiger partial charge in [0, 0.05) is 23.3 Å². The minimum absolute atomic E-state index is 0.299. The van der Waals surface area contributed by atoms with E-state index in [1.54, 1.807) is 10.7 Å². The van der Waals surface area contributed by atoms with Crippen LogP contribution >= 0.6 is 0 Å². The van der Waals surface area contributed by atoms with E-state index < -0.39 is 0 Å². The lowest BCUT2D eigenvalue weighted by Crippen LogP contribution is -2.33. The van der Waals surface area contributed by atoms with E-state index in [4.69, 9.17) is 10.8 Å². The molecule has 4 N–H and O–H groups in total. The number of hydrogen-bond donors (Lipinski definition) is 3. The standard InChI is InChI=1S/C21H25N7/c1-2-18-19(25-15-6-4-3-5-7-15)21-24-13-17(12-22)28(21)27-20(18)26-16-10-8-14(23)9-11-16/h3-7,13-14,16,25H,2,8-11,23H2,1H3,(H,26,27). The fourth-order valence-corrected chi connectivity index (χ4v) is 3.82. The summed E-state index contributed by atoms with van der Waals surface area (Å²) < 4.78 is 1.63. The average molecular weight is 375 g/mol. The molecule has 1 fully saturated rings. The molecule has 0 atom stereocenters. The Morgan fingerprint density at radius 2 is 1.96 bits per heavy atom. The number of anilines is 3. The molecule has 2 heterocycles. The van der Waals surface area contributed by atoms with Crippen LogP contribution in [-0.4, -0.2) is 26.7 Å². The van der Waals surface area contributed by atoms with Gasteiger partial charge in [0.2, 0.25) is 0 Å². The Morgan fingerprint density at radius 3 is 2.64 bits per heavy atom. The van der Waals surface area contributed by atoms with Crippen molar-refractivity contribution >= 4 is 22.8 Å². The highest BCUT2D eigenvalue weighted by Crippen LogP contribution is 2.32. The quantitative estimate of drug-likeness (QED) is 0.629. The summed E-state index contributed by atoms with van der Waals surface area (Å²) in [4.78, 5) is 4.46. The SMILES string of the molecule is CCc1c(NC2CCC(N)CC2)nn2c(C#N)cnc2c1Nc1ccccc1. The summed E-state index contributed by atoms with van der Waals surface area (Å²) in [6.45, 7) is 2.11. The van der Waals surface area contributed by atoms with Gasteiger partial charge in [0.05, 0.1) is 11.9 Å². The maximum atomic E-state index is 9.47. The molecule has 1 aliphatic carbocycles. The Hall–Kier alpha value is -3.11. The normalized spacial score (nSPS) is 19.3. The fraction of sp³-hybridized carbons (Fsp3) is 0.381. The van der Waals surface area contributed by atoms with Gasteiger partial charge in [-0.1, -0.05) is 25.1 Å². The topological polar surface area (TPSA) is 104 Å². The molecule has 2 aromatic heterocycles. The zero-order valence-electron chi connectivity index (χ0n) is 16.0. The van der Waals surface area contributed by atoms with Crippen molar-refractivity contribution in [3.63, 3.8) is 0 Å². The van der Waals surface area contributed by atoms with Gasteiger partial charge >= 0.3 is 0 Å². The van der Waals surface area contributed by atoms with Crippen molar-refractivity contribution in [2.45, 2.75) is 51.1 Å². The second-order valence-corrected chi connectivity index (χ2v) is 7.29. The van der Waals surface area contributed by atoms with E-state index in [-0.39, 0.29) is 0 Å². The molecule has 0 radical (unpaired) electrons. The van der Waals surface area contributed by atoms with Gasteiger partial charge in [0.1, 0.15) is 6.07 Å². The number of rotatable bonds is 5. The van der Waals surface area contributed by atoms with E-state index in [1.807, 2.05) is 30.3 Å². The van der Waals surface area contributed by atoms with E-state index in [2.05, 4.69) is 28.6 Å². The second kappa shape index (κ2) is 7.87. The summed E-state index contributed by atoms with van der Waals surface area (Å²) >= 11 is 0. The van der Waals surface area contributed by atoms with Crippen LogP contribution in [0.3, 0.4) is 0 Å². The highest BCUT2D eigenvalue weighted by atomic mass is 15.3. The summed E-state index contributed by atoms with van der Waals surface area (Å²) in [5.41, 5.74) is 10.1. The molecule has 0 saturated heterocycles. The summed E-state index contributed by atoms with van der Waals surface area (Å²) in [5.74, 6) is 0.809. The lowest BCUT2D eigenvalue weighted by molar-refractivity contribution is 0.410. The van der Waals surface area contributed by atoms with Gasteiger partial charge in [0.25, 0.3) is 0 Å². The number of benzene rings is 1. The van der Waals surface area contributed by atoms with Crippen LogP contribution in [0.4, 0.5) is 17.2 Å². The zero-order chi connectivity index (χ0) is 19.5. The maximum absolute atomic E-state index is 9.47. The summed E-state index contributed by atoms with van der Waals surface area (Å²) in [6.07, 6.45) is 6.46. The highest BCUT2D eigenvalue weighted by molar-refractivity contribution is 5.81. The third-order valence-corrected chi connectivity index (χ3v) is 5.37. The van der Waals surface area contributed by atoms with Crippen LogP contribution in [0.25, 0.3) is 5.65 Å². The van der Waals surface area contributed by atoms with Gasteiger partial charge in [-0.05, 0) is 44.2 Å². The van der Waals surface area contributed by atoms with Gasteiger partial charge in [-0.25, -0.2) is 4.98 Å². The number of imidazole rings is 1. The molecule has 1 aliphatic rings. The predicted octanol–water partition coefficient (Wildman–Crippen LogP) is 3.59. The predicted molar refractivity (Wildman–Crippen MR) is 111 cm³/mol. The molecule has 7 heteroatoms. The second-order valence-electron chi connectivity index (χ2n) is 7.29. The van der Waals surface area contributed by atoms with E-state index >= 15 is 0 Å². The molecule has 144 valence electrons. The van der Waals surface area contributed by atoms with E-state index in [0.717, 1.165) is 54.9 Å². The molecule has 3 aromatic rings. The van der Waals surface area contributed by atoms with E-state index in [9.17, 15) is 5.26 Å². The number of fused-ring (bicyclic) bond motifs is 1. The molecule has 0 bridgehead atoms. The number of nitrogens with zero attached hydrogens (tertiary/aromatic N) is 4. The Bertz CT molecular complexity index is 995. The number of nitriles is 1. The molecular weight excluding hydrogens is 350 g/mol. The van der Waals surface area contributed by atoms with E-state index in [1.165, 1.54) is 0 Å². The summed E-state index contributed by atoms with van der Waals surface area (Å²) in [5, 5.41) is 21.3. The zero-order valence-corrected chi connectivity index (χ0v) is 16.0. The Morgan fingerprint density at radius 1 is 1.21 bits per heavy atom. The molecule has 4 rings (SSSR count). The summed E-state index contributed by atoms with van der Waals surface area (Å²) in [7, 11) is 0. The van der Waals surface area contributed by atoms with Crippen LogP contribution in [0.2, 0.25) is 0 Å². The largest absolute Gasteiger partial charge is 0.366 e. The number of hydrogen-bond acceptors (Lipinski definition) is 6. The minimum atomic E-state index is 0.299. The minimum Gasteiger partial charge on any atom is -0.366 e. The number of aromatic nitrogens is 3. The Kier molecular flexibility index (Phi) is 5.13. The number of para-hydroxylation sites is 1. The number of nitrogens with two attached hydrogens (primary N) is 1. The van der Waals surface area contributed by atoms with Crippen molar-refractivity contribution < 1.29 is 0 Å². The van der Waals surface area contributed by atoms with Crippen molar-refractivity contribution in [2.24, 2.45) is 5.73 Å². The molecular formula is C21H25N7. The smallest absolute Gasteiger partial charge is 0.179 e. The van der Waals surface area contributed by atoms with Gasteiger partial charge in [-0.2, -0.15) is 9.78 Å². The fourth-order valence-electron chi connectivity index (χ4n) is 3.82. The van der Waals surface area contributed by atoms with E-state index in [0.29, 0.717) is 23.4 Å². The van der Waals surface area contributed by atoms with Crippen molar-refractivity contribution in [3.8, 4) is 6.07 Å². The third kappa shape index (κ3) is 3.51. The first-order valence-electron chi connectivity index (χ1n) is 9.84. The number of nitrogens with one attached hydrogen (secondary N) is 2. The van der Waals surface area contributed by atoms with Crippen molar-refractivity contribution in [1.29, 1.82) is 5.26 Å². The first-order chi connectivity index (χ1) is 13.7. The van der Waals surface area contributed by atoms with Crippen LogP contribution in [0.1, 0.15) is 43.9 Å². The molecule has 28 heavy (non-hydrogen) atoms. The van der Waals surface area contributed by atoms with Crippen LogP contribution in [-0.2, 0) is 6.42 Å². The molecule has 7 nitrogen and oxygen atoms in total. The first kappa shape index (κ1) is 18.3. The van der Waals surface area contributed by atoms with Crippen LogP contribution in [0.5, 0.6) is 0 Å². The van der Waals surface area contributed by atoms with Crippen LogP contribution in [0.15, 0.2) is 36.5 Å². The van der Waals surface area contributed by atoms with Gasteiger partial charge < -0.3 is 16.4 Å². The Labute approximate surface area is 164 Å². The summed E-state index contributed by atoms with van der Waals surface area (Å²) in [6, 6.07) is 12.8. The van der Waals surface area contributed by atoms with Gasteiger partial charge in [-0.3, -0.25) is 0 Å². The molecule has 1 aromatic carbocycles. The van der Waals surface area contributed by atoms with Crippen molar-refractivity contribution in [1.82, 2.24) is 14.6 Å². The molecule has 0 spiro atoms. The Balaban J connectivity index is 1.78. The monoisotopic (exact) mass is 375 g/mol. The van der Waals surface area contributed by atoms with Crippen molar-refractivity contribution in [3.05, 3.63) is 47.8 Å². The maximum Gasteiger partial charge on any atom is 0.179 e. The van der Waals surface area contributed by atoms with Gasteiger partial charge in [-0.15, -0.1) is 5.10 Å². The lowest BCUT2D eigenvalue weighted by Gasteiger charge is -2.28. The first-order valence-corrected chi connectivity index (χ1v) is 9.84.